The van der Waals surface area contributed by atoms with Crippen molar-refractivity contribution in [1.29, 1.82) is 0 Å². The summed E-state index contributed by atoms with van der Waals surface area (Å²) in [6, 6.07) is 28.5. The highest BCUT2D eigenvalue weighted by atomic mass is 16.5. The lowest BCUT2D eigenvalue weighted by Crippen LogP contribution is -2.13. The van der Waals surface area contributed by atoms with Crippen LogP contribution in [0.1, 0.15) is 24.1 Å². The lowest BCUT2D eigenvalue weighted by Gasteiger charge is -2.09. The molecule has 12 heteroatoms. The Morgan fingerprint density at radius 1 is 0.691 bits per heavy atom. The zero-order valence-corrected chi connectivity index (χ0v) is 30.4. The van der Waals surface area contributed by atoms with Crippen LogP contribution in [0.15, 0.2) is 122 Å². The Bertz CT molecular complexity index is 2470. The van der Waals surface area contributed by atoms with Crippen molar-refractivity contribution in [2.75, 3.05) is 39.6 Å². The van der Waals surface area contributed by atoms with Crippen LogP contribution in [0.25, 0.3) is 44.6 Å². The zero-order chi connectivity index (χ0) is 38.0. The van der Waals surface area contributed by atoms with E-state index < -0.39 is 11.2 Å². The first-order chi connectivity index (χ1) is 26.9. The predicted octanol–water partition coefficient (Wildman–Crippen LogP) is 7.35. The molecule has 0 bridgehead atoms. The summed E-state index contributed by atoms with van der Waals surface area (Å²) in [4.78, 5) is 25.1. The van der Waals surface area contributed by atoms with Gasteiger partial charge in [-0.1, -0.05) is 29.0 Å². The summed E-state index contributed by atoms with van der Waals surface area (Å²) in [5, 5.41) is 19.8. The van der Waals surface area contributed by atoms with E-state index in [0.29, 0.717) is 85.2 Å². The Hall–Kier alpha value is -6.24. The largest absolute Gasteiger partial charge is 0.502 e. The Morgan fingerprint density at radius 2 is 1.38 bits per heavy atom. The Balaban J connectivity index is 0.728. The van der Waals surface area contributed by atoms with Crippen LogP contribution < -0.4 is 20.3 Å². The molecule has 0 saturated heterocycles. The maximum absolute atomic E-state index is 12.6. The number of hydrogen-bond acceptors (Lipinski definition) is 11. The van der Waals surface area contributed by atoms with Gasteiger partial charge in [-0.05, 0) is 99.0 Å². The molecule has 12 nitrogen and oxygen atoms in total. The summed E-state index contributed by atoms with van der Waals surface area (Å²) in [5.41, 5.74) is 3.78. The first-order valence-electron chi connectivity index (χ1n) is 18.2. The number of nitrogens with zero attached hydrogens (tertiary/aromatic N) is 3. The van der Waals surface area contributed by atoms with Gasteiger partial charge in [0.05, 0.1) is 56.0 Å². The molecule has 3 aromatic heterocycles. The van der Waals surface area contributed by atoms with Gasteiger partial charge in [-0.2, -0.15) is 0 Å². The monoisotopic (exact) mass is 743 g/mol. The van der Waals surface area contributed by atoms with Crippen molar-refractivity contribution >= 4 is 21.9 Å². The average Bonchev–Trinajstić information content (AvgIpc) is 3.66. The van der Waals surface area contributed by atoms with Crippen LogP contribution in [0.2, 0.25) is 0 Å². The first-order valence-corrected chi connectivity index (χ1v) is 18.2. The molecule has 0 aliphatic rings. The number of aryl methyl sites for hydroxylation is 2. The van der Waals surface area contributed by atoms with E-state index in [2.05, 4.69) is 10.3 Å². The second-order valence-electron chi connectivity index (χ2n) is 13.0. The van der Waals surface area contributed by atoms with Gasteiger partial charge in [0.2, 0.25) is 11.2 Å². The van der Waals surface area contributed by atoms with Crippen LogP contribution >= 0.6 is 0 Å². The molecule has 55 heavy (non-hydrogen) atoms. The van der Waals surface area contributed by atoms with Gasteiger partial charge in [0.25, 0.3) is 0 Å². The molecule has 0 aliphatic carbocycles. The lowest BCUT2D eigenvalue weighted by molar-refractivity contribution is 0.0333. The minimum atomic E-state index is -0.468. The number of hydrogen-bond donors (Lipinski definition) is 1. The maximum Gasteiger partial charge on any atom is 0.235 e. The third-order valence-corrected chi connectivity index (χ3v) is 8.93. The summed E-state index contributed by atoms with van der Waals surface area (Å²) >= 11 is 0. The van der Waals surface area contributed by atoms with Crippen molar-refractivity contribution in [3.05, 3.63) is 135 Å². The van der Waals surface area contributed by atoms with E-state index in [-0.39, 0.29) is 11.2 Å². The fourth-order valence-corrected chi connectivity index (χ4v) is 6.02. The molecule has 4 aromatic carbocycles. The van der Waals surface area contributed by atoms with Crippen LogP contribution in [0.3, 0.4) is 0 Å². The normalized spacial score (nSPS) is 11.4. The number of para-hydroxylation sites is 1. The number of fused-ring (bicyclic) bond motifs is 2. The molecular weight excluding hydrogens is 702 g/mol. The standard InChI is InChI=1S/C43H41N3O9/c1-29-9-18-39-36(26-29)37(47)27-40(54-39)30-10-14-33(15-11-30)52-20-5-4-6-32-28-46(45-44-32)19-21-50-22-23-51-24-25-53-34-16-12-31(13-17-34)43-42(49)41(48)35-7-2-3-8-38(35)55-43/h2-3,7-18,26-28,49H,4-6,19-25H2,1H3. The highest BCUT2D eigenvalue weighted by Crippen LogP contribution is 2.31. The number of ether oxygens (including phenoxy) is 4. The number of aromatic nitrogens is 3. The lowest BCUT2D eigenvalue weighted by atomic mass is 10.1. The van der Waals surface area contributed by atoms with Crippen molar-refractivity contribution in [3.8, 4) is 39.9 Å². The van der Waals surface area contributed by atoms with E-state index in [4.69, 9.17) is 27.8 Å². The van der Waals surface area contributed by atoms with Crippen LogP contribution in [0.4, 0.5) is 0 Å². The third kappa shape index (κ3) is 9.47. The second kappa shape index (κ2) is 17.7. The van der Waals surface area contributed by atoms with Gasteiger partial charge in [-0.25, -0.2) is 4.68 Å². The Morgan fingerprint density at radius 3 is 2.18 bits per heavy atom. The minimum Gasteiger partial charge on any atom is -0.502 e. The van der Waals surface area contributed by atoms with E-state index in [0.717, 1.165) is 41.8 Å². The fourth-order valence-electron chi connectivity index (χ4n) is 6.02. The van der Waals surface area contributed by atoms with Crippen LogP contribution in [0.5, 0.6) is 17.2 Å². The summed E-state index contributed by atoms with van der Waals surface area (Å²) in [6.07, 6.45) is 4.52. The van der Waals surface area contributed by atoms with E-state index in [1.807, 2.05) is 55.6 Å². The molecule has 7 aromatic rings. The van der Waals surface area contributed by atoms with Crippen molar-refractivity contribution in [2.45, 2.75) is 32.7 Å². The summed E-state index contributed by atoms with van der Waals surface area (Å²) in [6.45, 7) is 5.22. The topological polar surface area (TPSA) is 148 Å². The third-order valence-electron chi connectivity index (χ3n) is 8.93. The van der Waals surface area contributed by atoms with Gasteiger partial charge in [0, 0.05) is 23.4 Å². The van der Waals surface area contributed by atoms with Crippen molar-refractivity contribution in [1.82, 2.24) is 15.0 Å². The van der Waals surface area contributed by atoms with Gasteiger partial charge in [-0.3, -0.25) is 9.59 Å². The number of benzene rings is 4. The molecule has 0 radical (unpaired) electrons. The highest BCUT2D eigenvalue weighted by molar-refractivity contribution is 5.82. The SMILES string of the molecule is Cc1ccc2oc(-c3ccc(OCCCCc4cn(CCOCCOCCOc5ccc(-c6oc7ccccc7c(=O)c6O)cc5)nn4)cc3)cc(=O)c2c1. The second-order valence-corrected chi connectivity index (χ2v) is 13.0. The predicted molar refractivity (Wildman–Crippen MR) is 208 cm³/mol. The zero-order valence-electron chi connectivity index (χ0n) is 30.4. The van der Waals surface area contributed by atoms with Gasteiger partial charge in [-0.15, -0.1) is 5.10 Å². The number of unbranched alkanes of at least 4 members (excludes halogenated alkanes) is 1. The van der Waals surface area contributed by atoms with Crippen molar-refractivity contribution < 1.29 is 32.9 Å². The van der Waals surface area contributed by atoms with Gasteiger partial charge >= 0.3 is 0 Å². The van der Waals surface area contributed by atoms with Gasteiger partial charge < -0.3 is 32.9 Å². The number of rotatable bonds is 18. The van der Waals surface area contributed by atoms with E-state index in [9.17, 15) is 14.7 Å². The van der Waals surface area contributed by atoms with Crippen LogP contribution in [-0.2, 0) is 22.4 Å². The van der Waals surface area contributed by atoms with Crippen LogP contribution in [-0.4, -0.2) is 59.7 Å². The molecule has 7 rings (SSSR count). The Labute approximate surface area is 316 Å². The molecule has 0 spiro atoms. The molecule has 0 fully saturated rings. The Kier molecular flexibility index (Phi) is 12.0. The van der Waals surface area contributed by atoms with E-state index in [1.54, 1.807) is 53.2 Å². The molecule has 282 valence electrons. The molecule has 3 heterocycles. The summed E-state index contributed by atoms with van der Waals surface area (Å²) in [5.74, 6) is 1.61. The number of aromatic hydroxyl groups is 1. The molecule has 0 atom stereocenters. The smallest absolute Gasteiger partial charge is 0.235 e. The van der Waals surface area contributed by atoms with Crippen LogP contribution in [0, 0.1) is 6.92 Å². The summed E-state index contributed by atoms with van der Waals surface area (Å²) < 4.78 is 36.5. The van der Waals surface area contributed by atoms with Crippen molar-refractivity contribution in [3.63, 3.8) is 0 Å². The molecule has 0 amide bonds. The first kappa shape index (κ1) is 37.1. The molecule has 1 N–H and O–H groups in total. The fraction of sp³-hybridized carbons (Fsp3) is 0.256. The van der Waals surface area contributed by atoms with E-state index >= 15 is 0 Å². The molecular formula is C43H41N3O9. The van der Waals surface area contributed by atoms with Gasteiger partial charge in [0.1, 0.15) is 35.0 Å². The van der Waals surface area contributed by atoms with E-state index in [1.165, 1.54) is 6.07 Å². The molecule has 0 aliphatic heterocycles. The average molecular weight is 744 g/mol. The highest BCUT2D eigenvalue weighted by Gasteiger charge is 2.15. The molecule has 0 unspecified atom stereocenters. The van der Waals surface area contributed by atoms with Gasteiger partial charge in [0.15, 0.2) is 11.2 Å². The summed E-state index contributed by atoms with van der Waals surface area (Å²) in [7, 11) is 0. The molecule has 0 saturated carbocycles. The quantitative estimate of drug-likeness (QED) is 0.0880. The maximum atomic E-state index is 12.6. The van der Waals surface area contributed by atoms with Crippen molar-refractivity contribution in [2.24, 2.45) is 0 Å². The minimum absolute atomic E-state index is 0.0577.